The molecule has 0 aliphatic heterocycles. The normalized spacial score (nSPS) is 10.7. The van der Waals surface area contributed by atoms with Crippen molar-refractivity contribution in [3.05, 3.63) is 46.8 Å². The molecule has 2 aromatic rings. The Hall–Kier alpha value is -1.48. The van der Waals surface area contributed by atoms with E-state index in [0.717, 1.165) is 29.2 Å². The lowest BCUT2D eigenvalue weighted by Crippen LogP contribution is -2.06. The first-order valence-electron chi connectivity index (χ1n) is 6.45. The average molecular weight is 279 g/mol. The monoisotopic (exact) mass is 278 g/mol. The highest BCUT2D eigenvalue weighted by molar-refractivity contribution is 6.17. The molecule has 3 nitrogen and oxygen atoms in total. The van der Waals surface area contributed by atoms with Gasteiger partial charge in [-0.05, 0) is 32.9 Å². The van der Waals surface area contributed by atoms with E-state index in [-0.39, 0.29) is 0 Å². The molecule has 0 saturated heterocycles. The van der Waals surface area contributed by atoms with E-state index >= 15 is 0 Å². The van der Waals surface area contributed by atoms with Crippen LogP contribution in [-0.4, -0.2) is 9.78 Å². The third kappa shape index (κ3) is 3.29. The number of hydrogen-bond acceptors (Lipinski definition) is 2. The van der Waals surface area contributed by atoms with Crippen molar-refractivity contribution in [2.24, 2.45) is 0 Å². The van der Waals surface area contributed by atoms with E-state index in [4.69, 9.17) is 16.3 Å². The van der Waals surface area contributed by atoms with Crippen molar-refractivity contribution in [3.63, 3.8) is 0 Å². The lowest BCUT2D eigenvalue weighted by atomic mass is 10.1. The fourth-order valence-corrected chi connectivity index (χ4v) is 2.30. The molecular formula is C15H19ClN2O. The van der Waals surface area contributed by atoms with Gasteiger partial charge in [0.25, 0.3) is 0 Å². The summed E-state index contributed by atoms with van der Waals surface area (Å²) in [4.78, 5) is 0. The second-order valence-electron chi connectivity index (χ2n) is 4.63. The molecule has 0 saturated carbocycles. The molecule has 0 spiro atoms. The van der Waals surface area contributed by atoms with Crippen molar-refractivity contribution < 1.29 is 4.74 Å². The largest absolute Gasteiger partial charge is 0.487 e. The van der Waals surface area contributed by atoms with Crippen LogP contribution in [-0.2, 0) is 19.0 Å². The standard InChI is InChI=1S/C15H19ClN2O/c1-4-18-14(8-12(3)17-18)10-19-15-6-5-11(2)7-13(15)9-16/h5-8H,4,9-10H2,1-3H3. The number of ether oxygens (including phenoxy) is 1. The van der Waals surface area contributed by atoms with Gasteiger partial charge in [0, 0.05) is 12.1 Å². The van der Waals surface area contributed by atoms with Gasteiger partial charge >= 0.3 is 0 Å². The number of benzene rings is 1. The minimum atomic E-state index is 0.461. The maximum Gasteiger partial charge on any atom is 0.130 e. The first-order chi connectivity index (χ1) is 9.13. The Morgan fingerprint density at radius 3 is 2.74 bits per heavy atom. The Labute approximate surface area is 119 Å². The van der Waals surface area contributed by atoms with E-state index in [1.165, 1.54) is 5.56 Å². The van der Waals surface area contributed by atoms with Crippen molar-refractivity contribution in [1.29, 1.82) is 0 Å². The predicted molar refractivity (Wildman–Crippen MR) is 77.7 cm³/mol. The minimum Gasteiger partial charge on any atom is -0.487 e. The van der Waals surface area contributed by atoms with Crippen LogP contribution < -0.4 is 4.74 Å². The van der Waals surface area contributed by atoms with Crippen LogP contribution >= 0.6 is 11.6 Å². The highest BCUT2D eigenvalue weighted by Gasteiger charge is 2.07. The number of rotatable bonds is 5. The van der Waals surface area contributed by atoms with E-state index < -0.39 is 0 Å². The molecule has 0 bridgehead atoms. The van der Waals surface area contributed by atoms with Gasteiger partial charge in [0.05, 0.1) is 17.3 Å². The maximum atomic E-state index is 5.95. The molecule has 4 heteroatoms. The van der Waals surface area contributed by atoms with Crippen LogP contribution in [0, 0.1) is 13.8 Å². The van der Waals surface area contributed by atoms with E-state index in [0.29, 0.717) is 12.5 Å². The third-order valence-electron chi connectivity index (χ3n) is 3.02. The highest BCUT2D eigenvalue weighted by atomic mass is 35.5. The summed E-state index contributed by atoms with van der Waals surface area (Å²) in [5.74, 6) is 1.31. The summed E-state index contributed by atoms with van der Waals surface area (Å²) in [5.41, 5.74) is 4.32. The van der Waals surface area contributed by atoms with Crippen LogP contribution in [0.4, 0.5) is 0 Å². The average Bonchev–Trinajstić information content (AvgIpc) is 2.77. The minimum absolute atomic E-state index is 0.461. The van der Waals surface area contributed by atoms with Crippen LogP contribution in [0.3, 0.4) is 0 Å². The fourth-order valence-electron chi connectivity index (χ4n) is 2.09. The molecule has 1 heterocycles. The zero-order valence-corrected chi connectivity index (χ0v) is 12.4. The smallest absolute Gasteiger partial charge is 0.130 e. The summed E-state index contributed by atoms with van der Waals surface area (Å²) >= 11 is 5.95. The van der Waals surface area contributed by atoms with E-state index in [2.05, 4.69) is 31.1 Å². The second-order valence-corrected chi connectivity index (χ2v) is 4.89. The third-order valence-corrected chi connectivity index (χ3v) is 3.31. The molecule has 19 heavy (non-hydrogen) atoms. The number of hydrogen-bond donors (Lipinski definition) is 0. The van der Waals surface area contributed by atoms with Crippen molar-refractivity contribution in [2.45, 2.75) is 39.8 Å². The van der Waals surface area contributed by atoms with Gasteiger partial charge in [0.2, 0.25) is 0 Å². The van der Waals surface area contributed by atoms with Crippen LogP contribution in [0.2, 0.25) is 0 Å². The molecule has 0 radical (unpaired) electrons. The Morgan fingerprint density at radius 2 is 2.05 bits per heavy atom. The van der Waals surface area contributed by atoms with Crippen molar-refractivity contribution >= 4 is 11.6 Å². The lowest BCUT2D eigenvalue weighted by molar-refractivity contribution is 0.290. The van der Waals surface area contributed by atoms with Crippen LogP contribution in [0.5, 0.6) is 5.75 Å². The molecule has 0 unspecified atom stereocenters. The van der Waals surface area contributed by atoms with Crippen LogP contribution in [0.1, 0.15) is 29.4 Å². The van der Waals surface area contributed by atoms with E-state index in [1.807, 2.05) is 23.7 Å². The van der Waals surface area contributed by atoms with Gasteiger partial charge in [-0.15, -0.1) is 11.6 Å². The topological polar surface area (TPSA) is 27.1 Å². The molecule has 0 amide bonds. The van der Waals surface area contributed by atoms with Crippen molar-refractivity contribution in [3.8, 4) is 5.75 Å². The predicted octanol–water partition coefficient (Wildman–Crippen LogP) is 3.84. The van der Waals surface area contributed by atoms with Crippen molar-refractivity contribution in [2.75, 3.05) is 0 Å². The molecule has 2 rings (SSSR count). The molecule has 102 valence electrons. The summed E-state index contributed by atoms with van der Waals surface area (Å²) in [7, 11) is 0. The summed E-state index contributed by atoms with van der Waals surface area (Å²) in [6.07, 6.45) is 0. The van der Waals surface area contributed by atoms with Crippen molar-refractivity contribution in [1.82, 2.24) is 9.78 Å². The summed E-state index contributed by atoms with van der Waals surface area (Å²) in [5, 5.41) is 4.41. The number of alkyl halides is 1. The van der Waals surface area contributed by atoms with Gasteiger partial charge in [0.15, 0.2) is 0 Å². The lowest BCUT2D eigenvalue weighted by Gasteiger charge is -2.11. The molecule has 1 aromatic carbocycles. The zero-order valence-electron chi connectivity index (χ0n) is 11.6. The summed E-state index contributed by atoms with van der Waals surface area (Å²) in [6, 6.07) is 8.13. The van der Waals surface area contributed by atoms with Gasteiger partial charge in [0.1, 0.15) is 12.4 Å². The SMILES string of the molecule is CCn1nc(C)cc1COc1ccc(C)cc1CCl. The van der Waals surface area contributed by atoms with E-state index in [1.54, 1.807) is 0 Å². The van der Waals surface area contributed by atoms with Crippen LogP contribution in [0.25, 0.3) is 0 Å². The Bertz CT molecular complexity index is 563. The Balaban J connectivity index is 2.14. The van der Waals surface area contributed by atoms with E-state index in [9.17, 15) is 0 Å². The fraction of sp³-hybridized carbons (Fsp3) is 0.400. The summed E-state index contributed by atoms with van der Waals surface area (Å²) < 4.78 is 7.84. The summed E-state index contributed by atoms with van der Waals surface area (Å²) in [6.45, 7) is 7.48. The molecular weight excluding hydrogens is 260 g/mol. The molecule has 0 atom stereocenters. The molecule has 0 aliphatic rings. The number of aryl methyl sites for hydroxylation is 3. The number of aromatic nitrogens is 2. The van der Waals surface area contributed by atoms with Gasteiger partial charge in [-0.3, -0.25) is 4.68 Å². The Kier molecular flexibility index (Phi) is 4.48. The second kappa shape index (κ2) is 6.11. The van der Waals surface area contributed by atoms with Crippen LogP contribution in [0.15, 0.2) is 24.3 Å². The highest BCUT2D eigenvalue weighted by Crippen LogP contribution is 2.23. The van der Waals surface area contributed by atoms with Gasteiger partial charge < -0.3 is 4.74 Å². The Morgan fingerprint density at radius 1 is 1.26 bits per heavy atom. The van der Waals surface area contributed by atoms with Gasteiger partial charge in [-0.1, -0.05) is 17.7 Å². The van der Waals surface area contributed by atoms with Gasteiger partial charge in [-0.25, -0.2) is 0 Å². The molecule has 0 N–H and O–H groups in total. The zero-order chi connectivity index (χ0) is 13.8. The molecule has 0 aliphatic carbocycles. The maximum absolute atomic E-state index is 5.95. The number of halogens is 1. The molecule has 0 fully saturated rings. The first kappa shape index (κ1) is 13.9. The molecule has 1 aromatic heterocycles. The first-order valence-corrected chi connectivity index (χ1v) is 6.99. The van der Waals surface area contributed by atoms with Gasteiger partial charge in [-0.2, -0.15) is 5.10 Å². The number of nitrogens with zero attached hydrogens (tertiary/aromatic N) is 2. The quantitative estimate of drug-likeness (QED) is 0.777.